The number of aryl methyl sites for hydroxylation is 1. The first-order chi connectivity index (χ1) is 8.58. The second kappa shape index (κ2) is 4.70. The van der Waals surface area contributed by atoms with Gasteiger partial charge in [0.2, 0.25) is 5.76 Å². The third-order valence-corrected chi connectivity index (χ3v) is 2.33. The van der Waals surface area contributed by atoms with E-state index in [-0.39, 0.29) is 18.0 Å². The van der Waals surface area contributed by atoms with Crippen LogP contribution in [0.3, 0.4) is 0 Å². The van der Waals surface area contributed by atoms with Crippen LogP contribution in [0.25, 0.3) is 0 Å². The summed E-state index contributed by atoms with van der Waals surface area (Å²) < 4.78 is 4.48. The van der Waals surface area contributed by atoms with Crippen LogP contribution in [0.1, 0.15) is 32.3 Å². The Bertz CT molecular complexity index is 586. The normalized spacial score (nSPS) is 10.3. The molecule has 2 aromatic heterocycles. The average molecular weight is 250 g/mol. The van der Waals surface area contributed by atoms with Crippen molar-refractivity contribution in [2.75, 3.05) is 0 Å². The lowest BCUT2D eigenvalue weighted by atomic mass is 10.2. The van der Waals surface area contributed by atoms with Crippen LogP contribution in [0, 0.1) is 6.92 Å². The van der Waals surface area contributed by atoms with Crippen LogP contribution < -0.4 is 5.32 Å². The van der Waals surface area contributed by atoms with E-state index in [2.05, 4.69) is 25.2 Å². The molecule has 0 spiro atoms. The molecule has 0 unspecified atom stereocenters. The van der Waals surface area contributed by atoms with Gasteiger partial charge in [0.05, 0.1) is 6.20 Å². The fourth-order valence-corrected chi connectivity index (χ4v) is 1.30. The lowest BCUT2D eigenvalue weighted by molar-refractivity contribution is 0.0651. The fraction of sp³-hybridized carbons (Fsp3) is 0.200. The van der Waals surface area contributed by atoms with Crippen LogP contribution in [-0.2, 0) is 6.54 Å². The molecule has 2 heterocycles. The minimum atomic E-state index is -1.27. The lowest BCUT2D eigenvalue weighted by Crippen LogP contribution is -2.23. The summed E-state index contributed by atoms with van der Waals surface area (Å²) in [5.74, 6) is -2.15. The van der Waals surface area contributed by atoms with E-state index in [0.29, 0.717) is 0 Å². The van der Waals surface area contributed by atoms with Crippen molar-refractivity contribution in [2.24, 2.45) is 0 Å². The summed E-state index contributed by atoms with van der Waals surface area (Å²) >= 11 is 0. The number of rotatable bonds is 4. The quantitative estimate of drug-likeness (QED) is 0.719. The third kappa shape index (κ3) is 2.37. The number of aromatic nitrogens is 3. The number of amides is 1. The Morgan fingerprint density at radius 3 is 2.89 bits per heavy atom. The number of H-pyrrole nitrogens is 1. The predicted octanol–water partition coefficient (Wildman–Crippen LogP) is 0.334. The molecule has 0 bridgehead atoms. The van der Waals surface area contributed by atoms with Gasteiger partial charge in [0.25, 0.3) is 5.91 Å². The molecule has 94 valence electrons. The van der Waals surface area contributed by atoms with Crippen LogP contribution in [0.5, 0.6) is 0 Å². The first-order valence-electron chi connectivity index (χ1n) is 5.05. The number of carboxylic acids is 1. The number of carbonyl (C=O) groups excluding carboxylic acids is 1. The van der Waals surface area contributed by atoms with Crippen molar-refractivity contribution < 1.29 is 19.2 Å². The summed E-state index contributed by atoms with van der Waals surface area (Å²) in [5, 5.41) is 21.1. The van der Waals surface area contributed by atoms with Crippen LogP contribution in [-0.4, -0.2) is 32.3 Å². The molecule has 8 heteroatoms. The number of nitrogens with zero attached hydrogens (tertiary/aromatic N) is 2. The van der Waals surface area contributed by atoms with E-state index in [9.17, 15) is 9.59 Å². The number of aromatic carboxylic acids is 1. The molecule has 0 radical (unpaired) electrons. The highest BCUT2D eigenvalue weighted by molar-refractivity contribution is 5.94. The molecule has 8 nitrogen and oxygen atoms in total. The van der Waals surface area contributed by atoms with Crippen molar-refractivity contribution in [3.05, 3.63) is 35.0 Å². The van der Waals surface area contributed by atoms with E-state index in [1.54, 1.807) is 6.20 Å². The van der Waals surface area contributed by atoms with Crippen molar-refractivity contribution in [2.45, 2.75) is 13.5 Å². The number of aromatic amines is 1. The predicted molar refractivity (Wildman–Crippen MR) is 58.0 cm³/mol. The molecule has 3 N–H and O–H groups in total. The van der Waals surface area contributed by atoms with Crippen molar-refractivity contribution in [1.82, 2.24) is 20.7 Å². The highest BCUT2D eigenvalue weighted by Gasteiger charge is 2.16. The second-order valence-electron chi connectivity index (χ2n) is 3.58. The van der Waals surface area contributed by atoms with Crippen molar-refractivity contribution in [3.8, 4) is 0 Å². The molecule has 0 aliphatic carbocycles. The van der Waals surface area contributed by atoms with Crippen molar-refractivity contribution in [3.63, 3.8) is 0 Å². The Kier molecular flexibility index (Phi) is 3.09. The molecule has 0 atom stereocenters. The smallest absolute Gasteiger partial charge is 0.374 e. The van der Waals surface area contributed by atoms with E-state index in [0.717, 1.165) is 17.3 Å². The van der Waals surface area contributed by atoms with Gasteiger partial charge < -0.3 is 14.9 Å². The molecule has 18 heavy (non-hydrogen) atoms. The highest BCUT2D eigenvalue weighted by Crippen LogP contribution is 2.05. The summed E-state index contributed by atoms with van der Waals surface area (Å²) in [6, 6.07) is 1.07. The van der Waals surface area contributed by atoms with Gasteiger partial charge in [-0.05, 0) is 6.92 Å². The maximum absolute atomic E-state index is 11.6. The average Bonchev–Trinajstić information content (AvgIpc) is 2.94. The van der Waals surface area contributed by atoms with E-state index in [4.69, 9.17) is 5.11 Å². The van der Waals surface area contributed by atoms with Crippen LogP contribution in [0.15, 0.2) is 16.8 Å². The minimum absolute atomic E-state index is 0.0754. The maximum atomic E-state index is 11.6. The van der Waals surface area contributed by atoms with E-state index in [1.165, 1.54) is 0 Å². The Labute approximate surface area is 101 Å². The van der Waals surface area contributed by atoms with Gasteiger partial charge in [0.15, 0.2) is 5.69 Å². The summed E-state index contributed by atoms with van der Waals surface area (Å²) in [6.07, 6.45) is 1.60. The molecule has 0 aromatic carbocycles. The number of nitrogens with one attached hydrogen (secondary N) is 2. The molecule has 0 fully saturated rings. The monoisotopic (exact) mass is 250 g/mol. The number of carboxylic acid groups (broad SMARTS) is 1. The van der Waals surface area contributed by atoms with Gasteiger partial charge in [-0.15, -0.1) is 0 Å². The SMILES string of the molecule is Cc1[nH]ncc1CNC(=O)c1cc(C(=O)O)on1. The summed E-state index contributed by atoms with van der Waals surface area (Å²) in [5.41, 5.74) is 1.61. The van der Waals surface area contributed by atoms with E-state index >= 15 is 0 Å². The molecule has 0 saturated heterocycles. The lowest BCUT2D eigenvalue weighted by Gasteiger charge is -2.00. The van der Waals surface area contributed by atoms with Gasteiger partial charge in [0, 0.05) is 23.9 Å². The maximum Gasteiger partial charge on any atom is 0.374 e. The highest BCUT2D eigenvalue weighted by atomic mass is 16.5. The minimum Gasteiger partial charge on any atom is -0.475 e. The fourth-order valence-electron chi connectivity index (χ4n) is 1.30. The number of hydrogen-bond acceptors (Lipinski definition) is 5. The first kappa shape index (κ1) is 11.8. The zero-order valence-corrected chi connectivity index (χ0v) is 9.43. The Balaban J connectivity index is 1.99. The topological polar surface area (TPSA) is 121 Å². The van der Waals surface area contributed by atoms with Gasteiger partial charge in [-0.3, -0.25) is 9.89 Å². The molecule has 2 rings (SSSR count). The van der Waals surface area contributed by atoms with Crippen LogP contribution in [0.4, 0.5) is 0 Å². The molecule has 1 amide bonds. The summed E-state index contributed by atoms with van der Waals surface area (Å²) in [7, 11) is 0. The standard InChI is InChI=1S/C10H10N4O4/c1-5-6(4-12-13-5)3-11-9(15)7-2-8(10(16)17)18-14-7/h2,4H,3H2,1H3,(H,11,15)(H,12,13)(H,16,17). The zero-order valence-electron chi connectivity index (χ0n) is 9.43. The van der Waals surface area contributed by atoms with Crippen LogP contribution in [0.2, 0.25) is 0 Å². The Morgan fingerprint density at radius 2 is 2.33 bits per heavy atom. The Hall–Kier alpha value is -2.64. The second-order valence-corrected chi connectivity index (χ2v) is 3.58. The van der Waals surface area contributed by atoms with Gasteiger partial charge >= 0.3 is 5.97 Å². The number of carbonyl (C=O) groups is 2. The molecule has 0 saturated carbocycles. The third-order valence-electron chi connectivity index (χ3n) is 2.33. The van der Waals surface area contributed by atoms with E-state index in [1.807, 2.05) is 6.92 Å². The van der Waals surface area contributed by atoms with Crippen molar-refractivity contribution in [1.29, 1.82) is 0 Å². The van der Waals surface area contributed by atoms with Crippen LogP contribution >= 0.6 is 0 Å². The molecular formula is C10H10N4O4. The molecule has 0 aliphatic rings. The summed E-state index contributed by atoms with van der Waals surface area (Å²) in [4.78, 5) is 22.2. The molecule has 0 aliphatic heterocycles. The zero-order chi connectivity index (χ0) is 13.1. The molecular weight excluding hydrogens is 240 g/mol. The van der Waals surface area contributed by atoms with Gasteiger partial charge in [-0.25, -0.2) is 4.79 Å². The summed E-state index contributed by atoms with van der Waals surface area (Å²) in [6.45, 7) is 2.10. The van der Waals surface area contributed by atoms with E-state index < -0.39 is 11.9 Å². The Morgan fingerprint density at radius 1 is 1.56 bits per heavy atom. The van der Waals surface area contributed by atoms with Gasteiger partial charge in [-0.2, -0.15) is 5.10 Å². The van der Waals surface area contributed by atoms with Crippen molar-refractivity contribution >= 4 is 11.9 Å². The molecule has 2 aromatic rings. The largest absolute Gasteiger partial charge is 0.475 e. The number of hydrogen-bond donors (Lipinski definition) is 3. The van der Waals surface area contributed by atoms with Gasteiger partial charge in [-0.1, -0.05) is 5.16 Å². The van der Waals surface area contributed by atoms with Gasteiger partial charge in [0.1, 0.15) is 0 Å². The first-order valence-corrected chi connectivity index (χ1v) is 5.05.